The highest BCUT2D eigenvalue weighted by molar-refractivity contribution is 6.53. The van der Waals surface area contributed by atoms with Gasteiger partial charge >= 0.3 is 9.05 Å². The molecule has 15 heavy (non-hydrogen) atoms. The Balaban J connectivity index is 4.18. The van der Waals surface area contributed by atoms with Crippen molar-refractivity contribution in [2.75, 3.05) is 33.0 Å². The molecule has 0 fully saturated rings. The van der Waals surface area contributed by atoms with Gasteiger partial charge in [-0.2, -0.15) is 0 Å². The summed E-state index contributed by atoms with van der Waals surface area (Å²) in [6.07, 6.45) is 0.446. The minimum Gasteiger partial charge on any atom is -0.351 e. The van der Waals surface area contributed by atoms with Crippen molar-refractivity contribution in [1.29, 1.82) is 0 Å². The lowest BCUT2D eigenvalue weighted by molar-refractivity contribution is -0.0303. The van der Waals surface area contributed by atoms with Crippen LogP contribution in [0.5, 0.6) is 0 Å². The number of hydrogen-bond acceptors (Lipinski definition) is 4. The fraction of sp³-hybridized carbons (Fsp3) is 1.00. The molecule has 0 saturated heterocycles. The average molecular weight is 237 g/mol. The van der Waals surface area contributed by atoms with E-state index < -0.39 is 9.05 Å². The Kier molecular flexibility index (Phi) is 9.27. The number of rotatable bonds is 10. The molecule has 91 valence electrons. The molecule has 0 atom stereocenters. The smallest absolute Gasteiger partial charge is 0.351 e. The molecule has 0 aromatic rings. The third-order valence-electron chi connectivity index (χ3n) is 1.53. The van der Waals surface area contributed by atoms with Crippen LogP contribution in [0.2, 0.25) is 0 Å². The largest absolute Gasteiger partial charge is 0.679 e. The van der Waals surface area contributed by atoms with E-state index >= 15 is 0 Å². The molecule has 0 bridgehead atoms. The van der Waals surface area contributed by atoms with Crippen molar-refractivity contribution < 1.29 is 22.8 Å². The van der Waals surface area contributed by atoms with Gasteiger partial charge in [-0.05, 0) is 27.2 Å². The maximum atomic E-state index is 10.3. The van der Waals surface area contributed by atoms with Crippen LogP contribution in [0.25, 0.3) is 0 Å². The molecule has 0 aromatic heterocycles. The molecule has 0 aliphatic heterocycles. The van der Waals surface area contributed by atoms with Gasteiger partial charge in [-0.3, -0.25) is 0 Å². The van der Waals surface area contributed by atoms with E-state index in [2.05, 4.69) is 0 Å². The molecular formula is C9H21O5Si. The van der Waals surface area contributed by atoms with E-state index in [-0.39, 0.29) is 6.61 Å². The summed E-state index contributed by atoms with van der Waals surface area (Å²) < 4.78 is 21.7. The van der Waals surface area contributed by atoms with Gasteiger partial charge in [0.15, 0.2) is 0 Å². The highest BCUT2D eigenvalue weighted by Crippen LogP contribution is 2.12. The molecular weight excluding hydrogens is 216 g/mol. The maximum Gasteiger partial charge on any atom is 0.679 e. The van der Waals surface area contributed by atoms with Crippen molar-refractivity contribution >= 4 is 9.05 Å². The lowest BCUT2D eigenvalue weighted by Gasteiger charge is -2.26. The number of hydrogen-bond donors (Lipinski definition) is 0. The van der Waals surface area contributed by atoms with E-state index in [0.29, 0.717) is 32.8 Å². The Morgan fingerprint density at radius 1 is 0.867 bits per heavy atom. The van der Waals surface area contributed by atoms with Crippen LogP contribution in [0.3, 0.4) is 0 Å². The summed E-state index contributed by atoms with van der Waals surface area (Å²) in [7, 11) is -2.97. The van der Waals surface area contributed by atoms with Crippen LogP contribution in [0.4, 0.5) is 0 Å². The Morgan fingerprint density at radius 3 is 1.67 bits per heavy atom. The van der Waals surface area contributed by atoms with Crippen molar-refractivity contribution in [3.63, 3.8) is 0 Å². The summed E-state index contributed by atoms with van der Waals surface area (Å²) in [5.74, 6) is 0. The molecule has 0 N–H and O–H groups in total. The van der Waals surface area contributed by atoms with Gasteiger partial charge in [0.1, 0.15) is 0 Å². The molecule has 0 heterocycles. The quantitative estimate of drug-likeness (QED) is 0.425. The second-order valence-electron chi connectivity index (χ2n) is 2.71. The summed E-state index contributed by atoms with van der Waals surface area (Å²) in [6, 6.07) is 0. The lowest BCUT2D eigenvalue weighted by atomic mass is 10.5. The van der Waals surface area contributed by atoms with Crippen LogP contribution in [0.15, 0.2) is 0 Å². The van der Waals surface area contributed by atoms with Gasteiger partial charge in [0, 0.05) is 26.4 Å². The van der Waals surface area contributed by atoms with Crippen LogP contribution < -0.4 is 0 Å². The Morgan fingerprint density at radius 2 is 1.33 bits per heavy atom. The summed E-state index contributed by atoms with van der Waals surface area (Å²) in [5, 5.41) is 10.3. The zero-order valence-corrected chi connectivity index (χ0v) is 10.8. The van der Waals surface area contributed by atoms with E-state index in [4.69, 9.17) is 17.7 Å². The molecule has 0 spiro atoms. The predicted molar refractivity (Wildman–Crippen MR) is 56.8 cm³/mol. The summed E-state index contributed by atoms with van der Waals surface area (Å²) in [5.41, 5.74) is 0. The Labute approximate surface area is 92.8 Å². The summed E-state index contributed by atoms with van der Waals surface area (Å²) >= 11 is 0. The normalized spacial score (nSPS) is 12.0. The molecule has 1 radical (unpaired) electrons. The zero-order valence-electron chi connectivity index (χ0n) is 9.78. The Bertz CT molecular complexity index is 127. The molecule has 0 aromatic carbocycles. The first kappa shape index (κ1) is 15.0. The lowest BCUT2D eigenvalue weighted by Crippen LogP contribution is -2.49. The van der Waals surface area contributed by atoms with Crippen LogP contribution in [-0.4, -0.2) is 42.1 Å². The van der Waals surface area contributed by atoms with Crippen LogP contribution in [0, 0.1) is 0 Å². The van der Waals surface area contributed by atoms with Gasteiger partial charge in [0.25, 0.3) is 0 Å². The van der Waals surface area contributed by atoms with Gasteiger partial charge in [0.05, 0.1) is 6.61 Å². The molecule has 0 aliphatic rings. The SMILES string of the molecule is CCO[Si](OCC)(OCC)OCCC[O]. The van der Waals surface area contributed by atoms with Gasteiger partial charge in [-0.25, -0.2) is 5.11 Å². The predicted octanol–water partition coefficient (Wildman–Crippen LogP) is 1.37. The van der Waals surface area contributed by atoms with Crippen molar-refractivity contribution in [3.05, 3.63) is 0 Å². The van der Waals surface area contributed by atoms with Gasteiger partial charge in [-0.1, -0.05) is 0 Å². The molecule has 0 saturated carbocycles. The van der Waals surface area contributed by atoms with E-state index in [1.165, 1.54) is 0 Å². The van der Waals surface area contributed by atoms with E-state index in [1.807, 2.05) is 20.8 Å². The van der Waals surface area contributed by atoms with Crippen molar-refractivity contribution in [3.8, 4) is 0 Å². The van der Waals surface area contributed by atoms with Crippen molar-refractivity contribution in [2.24, 2.45) is 0 Å². The van der Waals surface area contributed by atoms with Crippen LogP contribution in [0.1, 0.15) is 27.2 Å². The second-order valence-corrected chi connectivity index (χ2v) is 4.86. The van der Waals surface area contributed by atoms with Gasteiger partial charge in [0.2, 0.25) is 0 Å². The summed E-state index contributed by atoms with van der Waals surface area (Å²) in [6.45, 7) is 7.17. The second kappa shape index (κ2) is 9.26. The first-order chi connectivity index (χ1) is 7.24. The Hall–Kier alpha value is 0.0169. The minimum absolute atomic E-state index is 0.158. The third kappa shape index (κ3) is 6.24. The molecule has 6 heteroatoms. The van der Waals surface area contributed by atoms with Crippen LogP contribution >= 0.6 is 0 Å². The van der Waals surface area contributed by atoms with Crippen LogP contribution in [-0.2, 0) is 22.8 Å². The maximum absolute atomic E-state index is 10.3. The monoisotopic (exact) mass is 237 g/mol. The van der Waals surface area contributed by atoms with Crippen molar-refractivity contribution in [2.45, 2.75) is 27.2 Å². The molecule has 0 aliphatic carbocycles. The van der Waals surface area contributed by atoms with E-state index in [0.717, 1.165) is 0 Å². The topological polar surface area (TPSA) is 56.8 Å². The highest BCUT2D eigenvalue weighted by Gasteiger charge is 2.44. The summed E-state index contributed by atoms with van der Waals surface area (Å²) in [4.78, 5) is 0. The van der Waals surface area contributed by atoms with E-state index in [1.54, 1.807) is 0 Å². The fourth-order valence-electron chi connectivity index (χ4n) is 1.04. The minimum atomic E-state index is -2.97. The highest BCUT2D eigenvalue weighted by atomic mass is 28.4. The first-order valence-corrected chi connectivity index (χ1v) is 7.01. The average Bonchev–Trinajstić information content (AvgIpc) is 2.19. The molecule has 0 rings (SSSR count). The van der Waals surface area contributed by atoms with Gasteiger partial charge < -0.3 is 17.7 Å². The fourth-order valence-corrected chi connectivity index (χ4v) is 2.99. The molecule has 5 nitrogen and oxygen atoms in total. The van der Waals surface area contributed by atoms with Gasteiger partial charge in [-0.15, -0.1) is 0 Å². The van der Waals surface area contributed by atoms with Crippen molar-refractivity contribution in [1.82, 2.24) is 0 Å². The molecule has 0 unspecified atom stereocenters. The first-order valence-electron chi connectivity index (χ1n) is 5.38. The third-order valence-corrected chi connectivity index (χ3v) is 4.02. The zero-order chi connectivity index (χ0) is 11.6. The standard InChI is InChI=1S/C9H21O5Si/c1-4-11-15(12-5-2,13-6-3)14-9-7-8-10/h4-9H2,1-3H3. The molecule has 0 amide bonds. The van der Waals surface area contributed by atoms with E-state index in [9.17, 15) is 5.11 Å².